The van der Waals surface area contributed by atoms with Crippen LogP contribution < -0.4 is 15.4 Å². The van der Waals surface area contributed by atoms with E-state index in [4.69, 9.17) is 18.9 Å². The van der Waals surface area contributed by atoms with Crippen LogP contribution >= 0.6 is 0 Å². The maximum absolute atomic E-state index is 5.77. The van der Waals surface area contributed by atoms with Gasteiger partial charge in [0.1, 0.15) is 11.4 Å². The summed E-state index contributed by atoms with van der Waals surface area (Å²) in [5.74, 6) is 2.34. The lowest BCUT2D eigenvalue weighted by Gasteiger charge is -2.20. The zero-order valence-electron chi connectivity index (χ0n) is 17.6. The van der Waals surface area contributed by atoms with Crippen molar-refractivity contribution in [3.05, 3.63) is 48.0 Å². The highest BCUT2D eigenvalue weighted by molar-refractivity contribution is 5.79. The van der Waals surface area contributed by atoms with E-state index in [0.29, 0.717) is 12.4 Å². The molecule has 3 rings (SSSR count). The molecule has 7 nitrogen and oxygen atoms in total. The Labute approximate surface area is 172 Å². The Kier molecular flexibility index (Phi) is 7.52. The predicted octanol–water partition coefficient (Wildman–Crippen LogP) is 3.31. The lowest BCUT2D eigenvalue weighted by molar-refractivity contribution is 0.113. The van der Waals surface area contributed by atoms with Gasteiger partial charge in [0.05, 0.1) is 18.9 Å². The van der Waals surface area contributed by atoms with Crippen molar-refractivity contribution in [3.8, 4) is 5.88 Å². The molecule has 0 spiro atoms. The Morgan fingerprint density at radius 1 is 1.28 bits per heavy atom. The summed E-state index contributed by atoms with van der Waals surface area (Å²) >= 11 is 0. The van der Waals surface area contributed by atoms with Crippen LogP contribution in [0, 0.1) is 0 Å². The number of aromatic nitrogens is 1. The number of aliphatic imine (C=N–C) groups is 1. The summed E-state index contributed by atoms with van der Waals surface area (Å²) < 4.78 is 16.9. The quantitative estimate of drug-likeness (QED) is 0.523. The summed E-state index contributed by atoms with van der Waals surface area (Å²) in [6.07, 6.45) is 6.77. The van der Waals surface area contributed by atoms with E-state index in [-0.39, 0.29) is 11.7 Å². The molecule has 0 aromatic carbocycles. The lowest BCUT2D eigenvalue weighted by Crippen LogP contribution is -2.41. The number of ether oxygens (including phenoxy) is 2. The number of rotatable bonds is 8. The zero-order chi connectivity index (χ0) is 20.5. The fraction of sp³-hybridized carbons (Fsp3) is 0.545. The van der Waals surface area contributed by atoms with Crippen molar-refractivity contribution >= 4 is 5.96 Å². The molecule has 1 aliphatic rings. The Hall–Kier alpha value is -2.54. The van der Waals surface area contributed by atoms with E-state index in [1.54, 1.807) is 6.26 Å². The number of furan rings is 1. The molecule has 2 aromatic heterocycles. The minimum atomic E-state index is -0.260. The third kappa shape index (κ3) is 7.77. The fourth-order valence-electron chi connectivity index (χ4n) is 3.00. The van der Waals surface area contributed by atoms with Crippen LogP contribution in [0.5, 0.6) is 5.88 Å². The third-order valence-electron chi connectivity index (χ3n) is 4.39. The number of hydrogen-bond acceptors (Lipinski definition) is 5. The second-order valence-corrected chi connectivity index (χ2v) is 8.16. The van der Waals surface area contributed by atoms with Crippen molar-refractivity contribution in [1.82, 2.24) is 15.6 Å². The molecule has 2 aromatic rings. The van der Waals surface area contributed by atoms with E-state index >= 15 is 0 Å². The van der Waals surface area contributed by atoms with Crippen LogP contribution in [0.25, 0.3) is 0 Å². The molecule has 1 saturated heterocycles. The molecule has 1 atom stereocenters. The third-order valence-corrected chi connectivity index (χ3v) is 4.39. The van der Waals surface area contributed by atoms with Gasteiger partial charge in [0.2, 0.25) is 5.88 Å². The van der Waals surface area contributed by atoms with Crippen molar-refractivity contribution in [2.75, 3.05) is 19.7 Å². The summed E-state index contributed by atoms with van der Waals surface area (Å²) in [4.78, 5) is 9.09. The van der Waals surface area contributed by atoms with Crippen LogP contribution in [0.3, 0.4) is 0 Å². The molecule has 1 fully saturated rings. The number of guanidine groups is 1. The summed E-state index contributed by atoms with van der Waals surface area (Å²) in [6, 6.07) is 7.77. The minimum absolute atomic E-state index is 0.252. The van der Waals surface area contributed by atoms with E-state index in [1.165, 1.54) is 0 Å². The highest BCUT2D eigenvalue weighted by Crippen LogP contribution is 2.15. The molecule has 7 heteroatoms. The van der Waals surface area contributed by atoms with Crippen LogP contribution in [-0.2, 0) is 17.7 Å². The standard InChI is InChI=1S/C22H32N4O3/c1-22(2,3)29-20-9-8-17(14-24-20)15-25-21(26-16-19-7-5-13-28-19)23-11-10-18-6-4-12-27-18/h4,6,8-9,12,14,19H,5,7,10-11,13,15-16H2,1-3H3,(H2,23,25,26). The van der Waals surface area contributed by atoms with Crippen molar-refractivity contribution in [2.45, 2.75) is 58.3 Å². The number of nitrogens with one attached hydrogen (secondary N) is 2. The number of hydrogen-bond donors (Lipinski definition) is 2. The first kappa shape index (κ1) is 21.2. The van der Waals surface area contributed by atoms with E-state index in [0.717, 1.165) is 56.2 Å². The highest BCUT2D eigenvalue weighted by Gasteiger charge is 2.16. The largest absolute Gasteiger partial charge is 0.472 e. The van der Waals surface area contributed by atoms with Gasteiger partial charge in [-0.05, 0) is 51.3 Å². The monoisotopic (exact) mass is 400 g/mol. The maximum atomic E-state index is 5.77. The second-order valence-electron chi connectivity index (χ2n) is 8.16. The van der Waals surface area contributed by atoms with Gasteiger partial charge < -0.3 is 24.5 Å². The van der Waals surface area contributed by atoms with Crippen molar-refractivity contribution in [3.63, 3.8) is 0 Å². The van der Waals surface area contributed by atoms with Gasteiger partial charge in [0.25, 0.3) is 0 Å². The van der Waals surface area contributed by atoms with Gasteiger partial charge in [-0.3, -0.25) is 0 Å². The first-order chi connectivity index (χ1) is 14.0. The van der Waals surface area contributed by atoms with Crippen LogP contribution in [0.4, 0.5) is 0 Å². The van der Waals surface area contributed by atoms with Gasteiger partial charge >= 0.3 is 0 Å². The molecule has 1 unspecified atom stereocenters. The molecule has 29 heavy (non-hydrogen) atoms. The van der Waals surface area contributed by atoms with E-state index in [9.17, 15) is 0 Å². The fourth-order valence-corrected chi connectivity index (χ4v) is 3.00. The highest BCUT2D eigenvalue weighted by atomic mass is 16.5. The zero-order valence-corrected chi connectivity index (χ0v) is 17.6. The molecule has 0 bridgehead atoms. The van der Waals surface area contributed by atoms with Crippen molar-refractivity contribution in [1.29, 1.82) is 0 Å². The summed E-state index contributed by atoms with van der Waals surface area (Å²) in [6.45, 7) is 8.89. The molecule has 0 amide bonds. The van der Waals surface area contributed by atoms with Gasteiger partial charge in [0, 0.05) is 38.4 Å². The van der Waals surface area contributed by atoms with Crippen LogP contribution in [0.2, 0.25) is 0 Å². The average molecular weight is 401 g/mol. The molecular weight excluding hydrogens is 368 g/mol. The van der Waals surface area contributed by atoms with Crippen molar-refractivity contribution < 1.29 is 13.9 Å². The van der Waals surface area contributed by atoms with Gasteiger partial charge in [0.15, 0.2) is 5.96 Å². The lowest BCUT2D eigenvalue weighted by atomic mass is 10.2. The van der Waals surface area contributed by atoms with Gasteiger partial charge in [-0.25, -0.2) is 9.98 Å². The smallest absolute Gasteiger partial charge is 0.213 e. The van der Waals surface area contributed by atoms with Gasteiger partial charge in [-0.2, -0.15) is 0 Å². The normalized spacial score (nSPS) is 17.3. The van der Waals surface area contributed by atoms with E-state index in [1.807, 2.05) is 51.2 Å². The maximum Gasteiger partial charge on any atom is 0.213 e. The first-order valence-electron chi connectivity index (χ1n) is 10.3. The molecule has 0 saturated carbocycles. The summed E-state index contributed by atoms with van der Waals surface area (Å²) in [7, 11) is 0. The Bertz CT molecular complexity index is 745. The van der Waals surface area contributed by atoms with Crippen LogP contribution in [0.1, 0.15) is 44.9 Å². The molecule has 1 aliphatic heterocycles. The van der Waals surface area contributed by atoms with Crippen LogP contribution in [-0.4, -0.2) is 42.3 Å². The Morgan fingerprint density at radius 2 is 2.17 bits per heavy atom. The molecule has 2 N–H and O–H groups in total. The minimum Gasteiger partial charge on any atom is -0.472 e. The topological polar surface area (TPSA) is 80.9 Å². The average Bonchev–Trinajstić information content (AvgIpc) is 3.37. The molecule has 0 radical (unpaired) electrons. The van der Waals surface area contributed by atoms with Gasteiger partial charge in [-0.15, -0.1) is 0 Å². The van der Waals surface area contributed by atoms with Gasteiger partial charge in [-0.1, -0.05) is 6.07 Å². The molecule has 3 heterocycles. The molecule has 0 aliphatic carbocycles. The summed E-state index contributed by atoms with van der Waals surface area (Å²) in [5, 5.41) is 6.77. The predicted molar refractivity (Wildman–Crippen MR) is 113 cm³/mol. The second kappa shape index (κ2) is 10.3. The number of nitrogens with zero attached hydrogens (tertiary/aromatic N) is 2. The summed E-state index contributed by atoms with van der Waals surface area (Å²) in [5.41, 5.74) is 0.764. The first-order valence-corrected chi connectivity index (χ1v) is 10.3. The SMILES string of the molecule is CC(C)(C)Oc1ccc(CN=C(NCCc2ccco2)NCC2CCCO2)cn1. The molecular formula is C22H32N4O3. The van der Waals surface area contributed by atoms with E-state index < -0.39 is 0 Å². The van der Waals surface area contributed by atoms with E-state index in [2.05, 4.69) is 15.6 Å². The van der Waals surface area contributed by atoms with Crippen molar-refractivity contribution in [2.24, 2.45) is 4.99 Å². The number of pyridine rings is 1. The Balaban J connectivity index is 1.54. The van der Waals surface area contributed by atoms with Crippen LogP contribution in [0.15, 0.2) is 46.1 Å². The molecule has 158 valence electrons. The Morgan fingerprint density at radius 3 is 2.83 bits per heavy atom.